The van der Waals surface area contributed by atoms with E-state index in [-0.39, 0.29) is 17.9 Å². The third-order valence-corrected chi connectivity index (χ3v) is 3.79. The minimum Gasteiger partial charge on any atom is -0.459 e. The molecule has 2 rings (SSSR count). The third-order valence-electron chi connectivity index (χ3n) is 3.79. The van der Waals surface area contributed by atoms with Gasteiger partial charge in [-0.25, -0.2) is 0 Å². The molecule has 1 aromatic heterocycles. The summed E-state index contributed by atoms with van der Waals surface area (Å²) < 4.78 is 5.81. The number of likely N-dealkylation sites (N-methyl/N-ethyl adjacent to an activating group) is 1. The van der Waals surface area contributed by atoms with Crippen molar-refractivity contribution in [2.24, 2.45) is 11.7 Å². The van der Waals surface area contributed by atoms with Gasteiger partial charge >= 0.3 is 0 Å². The Morgan fingerprint density at radius 1 is 1.25 bits per heavy atom. The van der Waals surface area contributed by atoms with Crippen molar-refractivity contribution in [3.05, 3.63) is 36.1 Å². The highest BCUT2D eigenvalue weighted by Crippen LogP contribution is 2.27. The maximum absolute atomic E-state index is 12.3. The molecule has 0 fully saturated rings. The van der Waals surface area contributed by atoms with Crippen LogP contribution < -0.4 is 5.73 Å². The first-order valence-corrected chi connectivity index (χ1v) is 6.92. The van der Waals surface area contributed by atoms with Crippen molar-refractivity contribution < 1.29 is 9.21 Å². The average Bonchev–Trinajstić information content (AvgIpc) is 2.87. The Morgan fingerprint density at radius 3 is 2.50 bits per heavy atom. The molecular formula is C16H22N2O2. The number of hydrogen-bond acceptors (Lipinski definition) is 3. The summed E-state index contributed by atoms with van der Waals surface area (Å²) in [4.78, 5) is 13.9. The van der Waals surface area contributed by atoms with E-state index >= 15 is 0 Å². The molecule has 4 nitrogen and oxygen atoms in total. The third kappa shape index (κ3) is 2.70. The van der Waals surface area contributed by atoms with Crippen molar-refractivity contribution >= 4 is 16.9 Å². The van der Waals surface area contributed by atoms with Gasteiger partial charge in [0.05, 0.1) is 12.1 Å². The number of rotatable bonds is 4. The molecular weight excluding hydrogens is 252 g/mol. The van der Waals surface area contributed by atoms with Crippen LogP contribution >= 0.6 is 0 Å². The average molecular weight is 274 g/mol. The SMILES string of the molecule is CC(C)[C@H](N)C(=O)N(C)C(C)c1cc2ccccc2o1. The Bertz CT molecular complexity index is 570. The summed E-state index contributed by atoms with van der Waals surface area (Å²) in [5.74, 6) is 0.832. The molecule has 2 atom stereocenters. The van der Waals surface area contributed by atoms with Crippen LogP contribution in [-0.4, -0.2) is 23.9 Å². The van der Waals surface area contributed by atoms with Gasteiger partial charge < -0.3 is 15.1 Å². The van der Waals surface area contributed by atoms with Crippen LogP contribution in [0.3, 0.4) is 0 Å². The zero-order chi connectivity index (χ0) is 14.9. The van der Waals surface area contributed by atoms with Crippen molar-refractivity contribution in [2.45, 2.75) is 32.9 Å². The molecule has 0 aliphatic carbocycles. The van der Waals surface area contributed by atoms with Gasteiger partial charge in [-0.2, -0.15) is 0 Å². The molecule has 2 aromatic rings. The lowest BCUT2D eigenvalue weighted by molar-refractivity contribution is -0.134. The summed E-state index contributed by atoms with van der Waals surface area (Å²) >= 11 is 0. The van der Waals surface area contributed by atoms with E-state index in [1.165, 1.54) is 0 Å². The predicted molar refractivity (Wildman–Crippen MR) is 80.2 cm³/mol. The van der Waals surface area contributed by atoms with Gasteiger partial charge in [0.2, 0.25) is 5.91 Å². The molecule has 108 valence electrons. The lowest BCUT2D eigenvalue weighted by atomic mass is 10.0. The molecule has 0 aliphatic rings. The molecule has 1 unspecified atom stereocenters. The van der Waals surface area contributed by atoms with Crippen LogP contribution in [0.5, 0.6) is 0 Å². The first-order valence-electron chi connectivity index (χ1n) is 6.92. The van der Waals surface area contributed by atoms with Gasteiger partial charge in [-0.05, 0) is 25.0 Å². The van der Waals surface area contributed by atoms with Crippen LogP contribution in [0.15, 0.2) is 34.7 Å². The van der Waals surface area contributed by atoms with Crippen molar-refractivity contribution in [1.29, 1.82) is 0 Å². The van der Waals surface area contributed by atoms with Crippen LogP contribution in [0.2, 0.25) is 0 Å². The van der Waals surface area contributed by atoms with Crippen molar-refractivity contribution in [3.63, 3.8) is 0 Å². The highest BCUT2D eigenvalue weighted by Gasteiger charge is 2.26. The standard InChI is InChI=1S/C16H22N2O2/c1-10(2)15(17)16(19)18(4)11(3)14-9-12-7-5-6-8-13(12)20-14/h5-11,15H,17H2,1-4H3/t11?,15-/m0/s1. The molecule has 0 bridgehead atoms. The lowest BCUT2D eigenvalue weighted by Gasteiger charge is -2.27. The number of carbonyl (C=O) groups excluding carboxylic acids is 1. The summed E-state index contributed by atoms with van der Waals surface area (Å²) in [6.07, 6.45) is 0. The maximum Gasteiger partial charge on any atom is 0.240 e. The number of nitrogens with zero attached hydrogens (tertiary/aromatic N) is 1. The number of benzene rings is 1. The largest absolute Gasteiger partial charge is 0.459 e. The Morgan fingerprint density at radius 2 is 1.90 bits per heavy atom. The number of para-hydroxylation sites is 1. The zero-order valence-electron chi connectivity index (χ0n) is 12.5. The van der Waals surface area contributed by atoms with Crippen molar-refractivity contribution in [3.8, 4) is 0 Å². The molecule has 4 heteroatoms. The van der Waals surface area contributed by atoms with Gasteiger partial charge in [-0.15, -0.1) is 0 Å². The first kappa shape index (κ1) is 14.6. The molecule has 2 N–H and O–H groups in total. The van der Waals surface area contributed by atoms with Gasteiger partial charge in [0, 0.05) is 12.4 Å². The summed E-state index contributed by atoms with van der Waals surface area (Å²) in [6, 6.07) is 9.18. The van der Waals surface area contributed by atoms with Crippen molar-refractivity contribution in [1.82, 2.24) is 4.90 Å². The highest BCUT2D eigenvalue weighted by atomic mass is 16.3. The highest BCUT2D eigenvalue weighted by molar-refractivity contribution is 5.82. The molecule has 1 amide bonds. The van der Waals surface area contributed by atoms with Gasteiger partial charge in [-0.3, -0.25) is 4.79 Å². The van der Waals surface area contributed by atoms with E-state index in [0.717, 1.165) is 16.7 Å². The number of carbonyl (C=O) groups is 1. The molecule has 0 aliphatic heterocycles. The Labute approximate surface area is 119 Å². The topological polar surface area (TPSA) is 59.5 Å². The second-order valence-corrected chi connectivity index (χ2v) is 5.58. The monoisotopic (exact) mass is 274 g/mol. The minimum atomic E-state index is -0.480. The Balaban J connectivity index is 2.21. The maximum atomic E-state index is 12.3. The van der Waals surface area contributed by atoms with Gasteiger partial charge in [0.15, 0.2) is 0 Å². The van der Waals surface area contributed by atoms with E-state index in [2.05, 4.69) is 0 Å². The summed E-state index contributed by atoms with van der Waals surface area (Å²) in [6.45, 7) is 5.84. The Kier molecular flexibility index (Phi) is 4.14. The normalized spacial score (nSPS) is 14.5. The van der Waals surface area contributed by atoms with E-state index in [0.29, 0.717) is 0 Å². The lowest BCUT2D eigenvalue weighted by Crippen LogP contribution is -2.45. The van der Waals surface area contributed by atoms with Gasteiger partial charge in [0.1, 0.15) is 11.3 Å². The van der Waals surface area contributed by atoms with Gasteiger partial charge in [-0.1, -0.05) is 32.0 Å². The summed E-state index contributed by atoms with van der Waals surface area (Å²) in [7, 11) is 1.77. The molecule has 0 spiro atoms. The van der Waals surface area contributed by atoms with Crippen LogP contribution in [0.4, 0.5) is 0 Å². The molecule has 0 radical (unpaired) electrons. The zero-order valence-corrected chi connectivity index (χ0v) is 12.5. The number of fused-ring (bicyclic) bond motifs is 1. The van der Waals surface area contributed by atoms with Gasteiger partial charge in [0.25, 0.3) is 0 Å². The fraction of sp³-hybridized carbons (Fsp3) is 0.438. The van der Waals surface area contributed by atoms with E-state index in [9.17, 15) is 4.79 Å². The predicted octanol–water partition coefficient (Wildman–Crippen LogP) is 2.94. The van der Waals surface area contributed by atoms with Crippen LogP contribution in [0, 0.1) is 5.92 Å². The molecule has 20 heavy (non-hydrogen) atoms. The van der Waals surface area contributed by atoms with Crippen LogP contribution in [-0.2, 0) is 4.79 Å². The van der Waals surface area contributed by atoms with Crippen molar-refractivity contribution in [2.75, 3.05) is 7.05 Å². The van der Waals surface area contributed by atoms with E-state index < -0.39 is 6.04 Å². The number of amides is 1. The first-order chi connectivity index (χ1) is 9.41. The Hall–Kier alpha value is -1.81. The number of furan rings is 1. The molecule has 0 saturated heterocycles. The second kappa shape index (κ2) is 5.67. The number of nitrogens with two attached hydrogens (primary N) is 1. The minimum absolute atomic E-state index is 0.0621. The van der Waals surface area contributed by atoms with Crippen LogP contribution in [0.25, 0.3) is 11.0 Å². The summed E-state index contributed by atoms with van der Waals surface area (Å²) in [5.41, 5.74) is 6.77. The fourth-order valence-corrected chi connectivity index (χ4v) is 2.11. The second-order valence-electron chi connectivity index (χ2n) is 5.58. The van der Waals surface area contributed by atoms with E-state index in [1.54, 1.807) is 11.9 Å². The molecule has 1 aromatic carbocycles. The fourth-order valence-electron chi connectivity index (χ4n) is 2.11. The summed E-state index contributed by atoms with van der Waals surface area (Å²) in [5, 5.41) is 1.04. The smallest absolute Gasteiger partial charge is 0.240 e. The quantitative estimate of drug-likeness (QED) is 0.932. The molecule has 1 heterocycles. The number of hydrogen-bond donors (Lipinski definition) is 1. The van der Waals surface area contributed by atoms with E-state index in [1.807, 2.05) is 51.1 Å². The molecule has 0 saturated carbocycles. The van der Waals surface area contributed by atoms with Crippen LogP contribution in [0.1, 0.15) is 32.6 Å². The van der Waals surface area contributed by atoms with E-state index in [4.69, 9.17) is 10.2 Å².